The average Bonchev–Trinajstić information content (AvgIpc) is 3.05. The molecule has 1 N–H and O–H groups in total. The molecule has 1 amide bonds. The van der Waals surface area contributed by atoms with Gasteiger partial charge in [-0.2, -0.15) is 0 Å². The second-order valence-electron chi connectivity index (χ2n) is 6.62. The van der Waals surface area contributed by atoms with Crippen molar-refractivity contribution in [3.8, 4) is 0 Å². The van der Waals surface area contributed by atoms with E-state index in [1.807, 2.05) is 4.90 Å². The van der Waals surface area contributed by atoms with E-state index in [4.69, 9.17) is 4.74 Å². The van der Waals surface area contributed by atoms with Crippen LogP contribution in [0.1, 0.15) is 38.5 Å². The van der Waals surface area contributed by atoms with Crippen molar-refractivity contribution in [2.45, 2.75) is 38.5 Å². The number of amides is 1. The topological polar surface area (TPSA) is 53.0 Å². The molecule has 21 heavy (non-hydrogen) atoms. The number of rotatable bonds is 7. The first-order chi connectivity index (χ1) is 10.2. The minimum Gasteiger partial charge on any atom is -0.396 e. The lowest BCUT2D eigenvalue weighted by Crippen LogP contribution is -2.47. The van der Waals surface area contributed by atoms with Crippen LogP contribution in [0.3, 0.4) is 0 Å². The van der Waals surface area contributed by atoms with Crippen molar-refractivity contribution in [3.63, 3.8) is 0 Å². The maximum absolute atomic E-state index is 12.1. The quantitative estimate of drug-likeness (QED) is 0.765. The van der Waals surface area contributed by atoms with Gasteiger partial charge >= 0.3 is 0 Å². The van der Waals surface area contributed by atoms with Crippen molar-refractivity contribution in [2.24, 2.45) is 5.41 Å². The van der Waals surface area contributed by atoms with Gasteiger partial charge in [-0.3, -0.25) is 4.79 Å². The molecule has 1 unspecified atom stereocenters. The molecule has 0 radical (unpaired) electrons. The van der Waals surface area contributed by atoms with Crippen LogP contribution in [0.2, 0.25) is 0 Å². The number of nitrogens with zero attached hydrogens (tertiary/aromatic N) is 2. The lowest BCUT2D eigenvalue weighted by atomic mass is 9.78. The van der Waals surface area contributed by atoms with Gasteiger partial charge in [0.05, 0.1) is 6.61 Å². The smallest absolute Gasteiger partial charge is 0.223 e. The molecule has 2 aliphatic heterocycles. The highest BCUT2D eigenvalue weighted by atomic mass is 16.5. The summed E-state index contributed by atoms with van der Waals surface area (Å²) in [5, 5.41) is 9.78. The molecule has 122 valence electrons. The van der Waals surface area contributed by atoms with E-state index < -0.39 is 0 Å². The second-order valence-corrected chi connectivity index (χ2v) is 6.62. The molecule has 2 saturated heterocycles. The highest BCUT2D eigenvalue weighted by Crippen LogP contribution is 2.33. The fourth-order valence-electron chi connectivity index (χ4n) is 3.61. The van der Waals surface area contributed by atoms with Gasteiger partial charge in [0.1, 0.15) is 0 Å². The van der Waals surface area contributed by atoms with Crippen LogP contribution in [0.5, 0.6) is 0 Å². The first kappa shape index (κ1) is 16.7. The van der Waals surface area contributed by atoms with Gasteiger partial charge in [0.25, 0.3) is 0 Å². The Labute approximate surface area is 128 Å². The fraction of sp³-hybridized carbons (Fsp3) is 0.938. The van der Waals surface area contributed by atoms with Gasteiger partial charge in [0, 0.05) is 51.7 Å². The van der Waals surface area contributed by atoms with Crippen LogP contribution >= 0.6 is 0 Å². The number of aliphatic hydroxyl groups is 1. The monoisotopic (exact) mass is 298 g/mol. The molecule has 2 rings (SSSR count). The summed E-state index contributed by atoms with van der Waals surface area (Å²) in [6.07, 6.45) is 5.98. The van der Waals surface area contributed by atoms with Crippen molar-refractivity contribution in [1.82, 2.24) is 9.80 Å². The fourth-order valence-corrected chi connectivity index (χ4v) is 3.61. The number of hydrogen-bond acceptors (Lipinski definition) is 4. The van der Waals surface area contributed by atoms with E-state index in [9.17, 15) is 9.90 Å². The van der Waals surface area contributed by atoms with Gasteiger partial charge in [-0.15, -0.1) is 0 Å². The summed E-state index contributed by atoms with van der Waals surface area (Å²) in [5.74, 6) is 0.296. The predicted molar refractivity (Wildman–Crippen MR) is 82.1 cm³/mol. The molecule has 0 aromatic heterocycles. The van der Waals surface area contributed by atoms with Crippen molar-refractivity contribution >= 4 is 5.91 Å². The van der Waals surface area contributed by atoms with E-state index in [1.54, 1.807) is 7.11 Å². The number of likely N-dealkylation sites (tertiary alicyclic amines) is 2. The highest BCUT2D eigenvalue weighted by Gasteiger charge is 2.34. The van der Waals surface area contributed by atoms with Crippen LogP contribution < -0.4 is 0 Å². The molecule has 0 saturated carbocycles. The summed E-state index contributed by atoms with van der Waals surface area (Å²) in [6.45, 7) is 5.54. The van der Waals surface area contributed by atoms with E-state index in [0.717, 1.165) is 64.8 Å². The van der Waals surface area contributed by atoms with Gasteiger partial charge in [-0.05, 0) is 38.6 Å². The zero-order valence-corrected chi connectivity index (χ0v) is 13.4. The summed E-state index contributed by atoms with van der Waals surface area (Å²) < 4.78 is 5.18. The number of aliphatic hydroxyl groups excluding tert-OH is 1. The van der Waals surface area contributed by atoms with Crippen LogP contribution in [0, 0.1) is 5.41 Å². The maximum atomic E-state index is 12.1. The standard InChI is InChI=1S/C16H30N2O3/c1-21-12-7-16(14-19)6-4-8-17(13-16)11-5-15(20)18-9-2-3-10-18/h19H,2-14H2,1H3. The Morgan fingerprint density at radius 2 is 2.00 bits per heavy atom. The third-order valence-corrected chi connectivity index (χ3v) is 5.01. The Kier molecular flexibility index (Phi) is 6.45. The number of methoxy groups -OCH3 is 1. The van der Waals surface area contributed by atoms with Gasteiger partial charge < -0.3 is 19.6 Å². The molecule has 2 heterocycles. The Balaban J connectivity index is 1.78. The minimum atomic E-state index is -0.0368. The molecular formula is C16H30N2O3. The van der Waals surface area contributed by atoms with Gasteiger partial charge in [-0.25, -0.2) is 0 Å². The molecule has 0 spiro atoms. The molecule has 0 bridgehead atoms. The molecule has 5 heteroatoms. The van der Waals surface area contributed by atoms with E-state index >= 15 is 0 Å². The molecule has 5 nitrogen and oxygen atoms in total. The number of ether oxygens (including phenoxy) is 1. The summed E-state index contributed by atoms with van der Waals surface area (Å²) in [5.41, 5.74) is -0.0368. The van der Waals surface area contributed by atoms with Crippen molar-refractivity contribution in [2.75, 3.05) is 53.0 Å². The SMILES string of the molecule is COCCC1(CO)CCCN(CCC(=O)N2CCCC2)C1. The number of carbonyl (C=O) groups is 1. The third-order valence-electron chi connectivity index (χ3n) is 5.01. The van der Waals surface area contributed by atoms with Crippen LogP contribution in [0.4, 0.5) is 0 Å². The first-order valence-corrected chi connectivity index (χ1v) is 8.29. The van der Waals surface area contributed by atoms with Gasteiger partial charge in [-0.1, -0.05) is 0 Å². The number of carbonyl (C=O) groups excluding carboxylic acids is 1. The summed E-state index contributed by atoms with van der Waals surface area (Å²) in [6, 6.07) is 0. The summed E-state index contributed by atoms with van der Waals surface area (Å²) in [7, 11) is 1.71. The van der Waals surface area contributed by atoms with Crippen LogP contribution in [0.15, 0.2) is 0 Å². The van der Waals surface area contributed by atoms with Crippen molar-refractivity contribution < 1.29 is 14.6 Å². The number of piperidine rings is 1. The Morgan fingerprint density at radius 3 is 2.67 bits per heavy atom. The average molecular weight is 298 g/mol. The molecule has 2 fully saturated rings. The van der Waals surface area contributed by atoms with Crippen LogP contribution in [-0.2, 0) is 9.53 Å². The Bertz CT molecular complexity index is 331. The zero-order chi connectivity index (χ0) is 15.1. The molecule has 0 aliphatic carbocycles. The van der Waals surface area contributed by atoms with E-state index in [-0.39, 0.29) is 12.0 Å². The highest BCUT2D eigenvalue weighted by molar-refractivity contribution is 5.76. The first-order valence-electron chi connectivity index (χ1n) is 8.29. The van der Waals surface area contributed by atoms with Crippen LogP contribution in [-0.4, -0.2) is 73.9 Å². The third kappa shape index (κ3) is 4.66. The lowest BCUT2D eigenvalue weighted by molar-refractivity contribution is -0.130. The predicted octanol–water partition coefficient (Wildman–Crippen LogP) is 1.11. The summed E-state index contributed by atoms with van der Waals surface area (Å²) in [4.78, 5) is 16.5. The van der Waals surface area contributed by atoms with E-state index in [1.165, 1.54) is 0 Å². The molecule has 0 aromatic carbocycles. The molecule has 2 aliphatic rings. The molecule has 0 aromatic rings. The molecular weight excluding hydrogens is 268 g/mol. The summed E-state index contributed by atoms with van der Waals surface area (Å²) >= 11 is 0. The Hall–Kier alpha value is -0.650. The maximum Gasteiger partial charge on any atom is 0.223 e. The number of hydrogen-bond donors (Lipinski definition) is 1. The van der Waals surface area contributed by atoms with Crippen LogP contribution in [0.25, 0.3) is 0 Å². The Morgan fingerprint density at radius 1 is 1.24 bits per heavy atom. The van der Waals surface area contributed by atoms with Crippen molar-refractivity contribution in [3.05, 3.63) is 0 Å². The largest absolute Gasteiger partial charge is 0.396 e. The lowest BCUT2D eigenvalue weighted by Gasteiger charge is -2.42. The van der Waals surface area contributed by atoms with Gasteiger partial charge in [0.2, 0.25) is 5.91 Å². The minimum absolute atomic E-state index is 0.0368. The van der Waals surface area contributed by atoms with Crippen molar-refractivity contribution in [1.29, 1.82) is 0 Å². The van der Waals surface area contributed by atoms with E-state index in [0.29, 0.717) is 18.9 Å². The second kappa shape index (κ2) is 8.11. The zero-order valence-electron chi connectivity index (χ0n) is 13.4. The molecule has 1 atom stereocenters. The van der Waals surface area contributed by atoms with Gasteiger partial charge in [0.15, 0.2) is 0 Å². The van der Waals surface area contributed by atoms with E-state index in [2.05, 4.69) is 4.90 Å². The normalized spacial score (nSPS) is 27.2.